The van der Waals surface area contributed by atoms with E-state index >= 15 is 0 Å². The average molecular weight is 394 g/mol. The highest BCUT2D eigenvalue weighted by molar-refractivity contribution is 6.00. The van der Waals surface area contributed by atoms with Crippen molar-refractivity contribution < 1.29 is 19.1 Å². The molecule has 0 unspecified atom stereocenters. The minimum Gasteiger partial charge on any atom is -0.483 e. The van der Waals surface area contributed by atoms with Gasteiger partial charge < -0.3 is 15.0 Å². The van der Waals surface area contributed by atoms with Crippen molar-refractivity contribution in [2.45, 2.75) is 46.1 Å². The zero-order valence-electron chi connectivity index (χ0n) is 17.0. The van der Waals surface area contributed by atoms with Crippen molar-refractivity contribution in [3.63, 3.8) is 0 Å². The number of nitrogens with one attached hydrogen (secondary N) is 1. The lowest BCUT2D eigenvalue weighted by molar-refractivity contribution is -0.121. The van der Waals surface area contributed by atoms with Gasteiger partial charge in [-0.25, -0.2) is 0 Å². The number of nitrogens with zero attached hydrogens (tertiary/aromatic N) is 1. The van der Waals surface area contributed by atoms with Gasteiger partial charge in [-0.1, -0.05) is 25.1 Å². The smallest absolute Gasteiger partial charge is 0.265 e. The summed E-state index contributed by atoms with van der Waals surface area (Å²) in [6, 6.07) is 12.8. The molecule has 3 rings (SSSR count). The van der Waals surface area contributed by atoms with Crippen molar-refractivity contribution in [2.24, 2.45) is 0 Å². The van der Waals surface area contributed by atoms with Crippen LogP contribution >= 0.6 is 0 Å². The SMILES string of the molecule is CCCC(=O)Nc1ccc(OCC(=O)N2c3ccccc3C[C@@H]2C)c(C(C)=O)c1. The van der Waals surface area contributed by atoms with Crippen LogP contribution in [0.2, 0.25) is 0 Å². The predicted octanol–water partition coefficient (Wildman–Crippen LogP) is 3.98. The van der Waals surface area contributed by atoms with E-state index in [0.29, 0.717) is 23.4 Å². The third-order valence-electron chi connectivity index (χ3n) is 4.95. The molecule has 0 spiro atoms. The van der Waals surface area contributed by atoms with E-state index in [1.807, 2.05) is 38.1 Å². The van der Waals surface area contributed by atoms with Crippen LogP contribution in [0, 0.1) is 0 Å². The summed E-state index contributed by atoms with van der Waals surface area (Å²) in [7, 11) is 0. The van der Waals surface area contributed by atoms with Crippen LogP contribution in [0.1, 0.15) is 49.5 Å². The summed E-state index contributed by atoms with van der Waals surface area (Å²) in [4.78, 5) is 38.4. The van der Waals surface area contributed by atoms with Crippen molar-refractivity contribution in [3.05, 3.63) is 53.6 Å². The molecule has 1 aliphatic rings. The molecule has 1 N–H and O–H groups in total. The minimum atomic E-state index is -0.195. The van der Waals surface area contributed by atoms with Crippen LogP contribution in [0.5, 0.6) is 5.75 Å². The van der Waals surface area contributed by atoms with Gasteiger partial charge in [-0.15, -0.1) is 0 Å². The van der Waals surface area contributed by atoms with Crippen LogP contribution in [0.25, 0.3) is 0 Å². The number of anilines is 2. The quantitative estimate of drug-likeness (QED) is 0.721. The van der Waals surface area contributed by atoms with Crippen molar-refractivity contribution in [1.29, 1.82) is 0 Å². The number of para-hydroxylation sites is 1. The first-order chi connectivity index (χ1) is 13.9. The zero-order chi connectivity index (χ0) is 21.0. The van der Waals surface area contributed by atoms with E-state index in [0.717, 1.165) is 24.1 Å². The van der Waals surface area contributed by atoms with E-state index in [9.17, 15) is 14.4 Å². The molecule has 6 heteroatoms. The summed E-state index contributed by atoms with van der Waals surface area (Å²) in [5, 5.41) is 2.77. The molecular weight excluding hydrogens is 368 g/mol. The lowest BCUT2D eigenvalue weighted by atomic mass is 10.1. The Kier molecular flexibility index (Phi) is 6.32. The summed E-state index contributed by atoms with van der Waals surface area (Å²) >= 11 is 0. The highest BCUT2D eigenvalue weighted by Gasteiger charge is 2.30. The van der Waals surface area contributed by atoms with Crippen LogP contribution in [0.4, 0.5) is 11.4 Å². The van der Waals surface area contributed by atoms with Crippen LogP contribution in [-0.2, 0) is 16.0 Å². The monoisotopic (exact) mass is 394 g/mol. The standard InChI is InChI=1S/C23H26N2O4/c1-4-7-22(27)24-18-10-11-21(19(13-18)16(3)26)29-14-23(28)25-15(2)12-17-8-5-6-9-20(17)25/h5-6,8-11,13,15H,4,7,12,14H2,1-3H3,(H,24,27)/t15-/m0/s1. The van der Waals surface area contributed by atoms with Crippen LogP contribution in [-0.4, -0.2) is 30.2 Å². The number of Topliss-reactive ketones (excluding diaryl/α,β-unsaturated/α-hetero) is 1. The minimum absolute atomic E-state index is 0.0620. The molecule has 2 amide bonds. The number of benzene rings is 2. The van der Waals surface area contributed by atoms with Gasteiger partial charge in [0, 0.05) is 23.8 Å². The molecule has 0 aromatic heterocycles. The fourth-order valence-electron chi connectivity index (χ4n) is 3.61. The second kappa shape index (κ2) is 8.90. The summed E-state index contributed by atoms with van der Waals surface area (Å²) in [6.07, 6.45) is 1.97. The molecular formula is C23H26N2O4. The van der Waals surface area contributed by atoms with Crippen LogP contribution in [0.15, 0.2) is 42.5 Å². The van der Waals surface area contributed by atoms with Gasteiger partial charge in [-0.05, 0) is 56.5 Å². The number of hydrogen-bond donors (Lipinski definition) is 1. The first-order valence-corrected chi connectivity index (χ1v) is 9.88. The maximum absolute atomic E-state index is 12.8. The number of fused-ring (bicyclic) bond motifs is 1. The van der Waals surface area contributed by atoms with Crippen LogP contribution < -0.4 is 15.0 Å². The third-order valence-corrected chi connectivity index (χ3v) is 4.95. The molecule has 0 saturated carbocycles. The molecule has 1 heterocycles. The zero-order valence-corrected chi connectivity index (χ0v) is 17.0. The molecule has 0 saturated heterocycles. The Morgan fingerprint density at radius 2 is 1.93 bits per heavy atom. The highest BCUT2D eigenvalue weighted by Crippen LogP contribution is 2.32. The van der Waals surface area contributed by atoms with E-state index in [4.69, 9.17) is 4.74 Å². The molecule has 0 radical (unpaired) electrons. The molecule has 1 atom stereocenters. The second-order valence-electron chi connectivity index (χ2n) is 7.30. The maximum atomic E-state index is 12.8. The van der Waals surface area contributed by atoms with Gasteiger partial charge in [-0.3, -0.25) is 14.4 Å². The Morgan fingerprint density at radius 3 is 2.66 bits per heavy atom. The van der Waals surface area contributed by atoms with Gasteiger partial charge in [-0.2, -0.15) is 0 Å². The lowest BCUT2D eigenvalue weighted by Crippen LogP contribution is -2.39. The number of ether oxygens (including phenoxy) is 1. The fourth-order valence-corrected chi connectivity index (χ4v) is 3.61. The highest BCUT2D eigenvalue weighted by atomic mass is 16.5. The normalized spacial score (nSPS) is 15.0. The predicted molar refractivity (Wildman–Crippen MR) is 113 cm³/mol. The molecule has 0 fully saturated rings. The Bertz CT molecular complexity index is 938. The maximum Gasteiger partial charge on any atom is 0.265 e. The van der Waals surface area contributed by atoms with Crippen molar-refractivity contribution in [2.75, 3.05) is 16.8 Å². The largest absolute Gasteiger partial charge is 0.483 e. The lowest BCUT2D eigenvalue weighted by Gasteiger charge is -2.23. The van der Waals surface area contributed by atoms with Gasteiger partial charge in [0.15, 0.2) is 12.4 Å². The number of ketones is 1. The number of carbonyl (C=O) groups is 3. The number of hydrogen-bond acceptors (Lipinski definition) is 4. The van der Waals surface area contributed by atoms with Gasteiger partial charge in [0.2, 0.25) is 5.91 Å². The van der Waals surface area contributed by atoms with E-state index < -0.39 is 0 Å². The van der Waals surface area contributed by atoms with Gasteiger partial charge in [0.25, 0.3) is 5.91 Å². The summed E-state index contributed by atoms with van der Waals surface area (Å²) < 4.78 is 5.72. The number of amides is 2. The molecule has 0 bridgehead atoms. The number of carbonyl (C=O) groups excluding carboxylic acids is 3. The second-order valence-corrected chi connectivity index (χ2v) is 7.30. The molecule has 152 valence electrons. The topological polar surface area (TPSA) is 75.7 Å². The molecule has 0 aliphatic carbocycles. The van der Waals surface area contributed by atoms with Crippen LogP contribution in [0.3, 0.4) is 0 Å². The molecule has 2 aromatic carbocycles. The first kappa shape index (κ1) is 20.6. The van der Waals surface area contributed by atoms with Gasteiger partial charge >= 0.3 is 0 Å². The molecule has 2 aromatic rings. The fraction of sp³-hybridized carbons (Fsp3) is 0.348. The Morgan fingerprint density at radius 1 is 1.17 bits per heavy atom. The average Bonchev–Trinajstić information content (AvgIpc) is 3.02. The first-order valence-electron chi connectivity index (χ1n) is 9.88. The Labute approximate surface area is 170 Å². The molecule has 1 aliphatic heterocycles. The molecule has 6 nitrogen and oxygen atoms in total. The van der Waals surface area contributed by atoms with E-state index in [1.165, 1.54) is 6.92 Å². The van der Waals surface area contributed by atoms with E-state index in [1.54, 1.807) is 23.1 Å². The summed E-state index contributed by atoms with van der Waals surface area (Å²) in [5.74, 6) is -0.122. The van der Waals surface area contributed by atoms with Crippen molar-refractivity contribution >= 4 is 29.0 Å². The number of rotatable bonds is 7. The Balaban J connectivity index is 1.72. The Hall–Kier alpha value is -3.15. The van der Waals surface area contributed by atoms with Gasteiger partial charge in [0.05, 0.1) is 5.56 Å². The van der Waals surface area contributed by atoms with Gasteiger partial charge in [0.1, 0.15) is 5.75 Å². The summed E-state index contributed by atoms with van der Waals surface area (Å²) in [5.41, 5.74) is 2.93. The van der Waals surface area contributed by atoms with E-state index in [2.05, 4.69) is 5.32 Å². The van der Waals surface area contributed by atoms with Crippen molar-refractivity contribution in [3.8, 4) is 5.75 Å². The third kappa shape index (κ3) is 4.65. The summed E-state index contributed by atoms with van der Waals surface area (Å²) in [6.45, 7) is 5.20. The van der Waals surface area contributed by atoms with E-state index in [-0.39, 0.29) is 30.2 Å². The molecule has 29 heavy (non-hydrogen) atoms. The van der Waals surface area contributed by atoms with Crippen molar-refractivity contribution in [1.82, 2.24) is 0 Å².